The monoisotopic (exact) mass is 258 g/mol. The molecule has 0 unspecified atom stereocenters. The van der Waals surface area contributed by atoms with Crippen LogP contribution in [-0.2, 0) is 0 Å². The molecule has 4 nitrogen and oxygen atoms in total. The molecule has 0 aliphatic rings. The van der Waals surface area contributed by atoms with Gasteiger partial charge in [0, 0.05) is 24.0 Å². The first-order chi connectivity index (χ1) is 9.17. The van der Waals surface area contributed by atoms with E-state index in [1.807, 2.05) is 13.0 Å². The molecule has 0 saturated heterocycles. The number of nitrogens with zero attached hydrogens (tertiary/aromatic N) is 2. The van der Waals surface area contributed by atoms with Crippen molar-refractivity contribution < 1.29 is 4.39 Å². The minimum absolute atomic E-state index is 0.266. The van der Waals surface area contributed by atoms with Crippen molar-refractivity contribution in [3.63, 3.8) is 0 Å². The van der Waals surface area contributed by atoms with E-state index in [1.54, 1.807) is 18.2 Å². The number of aryl methyl sites for hydroxylation is 1. The van der Waals surface area contributed by atoms with Gasteiger partial charge in [0.2, 0.25) is 5.95 Å². The van der Waals surface area contributed by atoms with Gasteiger partial charge in [-0.3, -0.25) is 0 Å². The lowest BCUT2D eigenvalue weighted by Crippen LogP contribution is -2.05. The molecule has 0 amide bonds. The predicted molar refractivity (Wildman–Crippen MR) is 75.1 cm³/mol. The SMILES string of the molecule is C=CCNc1nc(C)cc(Nc2ccc(F)cc2)n1. The molecular formula is C14H15FN4. The van der Waals surface area contributed by atoms with Gasteiger partial charge >= 0.3 is 0 Å². The van der Waals surface area contributed by atoms with Crippen molar-refractivity contribution >= 4 is 17.5 Å². The summed E-state index contributed by atoms with van der Waals surface area (Å²) >= 11 is 0. The Labute approximate surface area is 111 Å². The van der Waals surface area contributed by atoms with Gasteiger partial charge in [-0.1, -0.05) is 6.08 Å². The van der Waals surface area contributed by atoms with Gasteiger partial charge in [-0.25, -0.2) is 9.37 Å². The second kappa shape index (κ2) is 5.95. The number of anilines is 3. The maximum Gasteiger partial charge on any atom is 0.225 e. The molecule has 0 spiro atoms. The quantitative estimate of drug-likeness (QED) is 0.808. The third-order valence-electron chi connectivity index (χ3n) is 2.38. The molecule has 5 heteroatoms. The molecule has 2 N–H and O–H groups in total. The van der Waals surface area contributed by atoms with Gasteiger partial charge < -0.3 is 10.6 Å². The van der Waals surface area contributed by atoms with E-state index in [9.17, 15) is 4.39 Å². The van der Waals surface area contributed by atoms with E-state index in [4.69, 9.17) is 0 Å². The van der Waals surface area contributed by atoms with Crippen LogP contribution in [0.2, 0.25) is 0 Å². The summed E-state index contributed by atoms with van der Waals surface area (Å²) in [7, 11) is 0. The zero-order valence-electron chi connectivity index (χ0n) is 10.7. The van der Waals surface area contributed by atoms with E-state index < -0.39 is 0 Å². The van der Waals surface area contributed by atoms with Crippen LogP contribution in [0.1, 0.15) is 5.69 Å². The molecule has 0 aliphatic heterocycles. The number of rotatable bonds is 5. The van der Waals surface area contributed by atoms with E-state index in [2.05, 4.69) is 27.2 Å². The Balaban J connectivity index is 2.17. The van der Waals surface area contributed by atoms with Crippen molar-refractivity contribution in [1.29, 1.82) is 0 Å². The summed E-state index contributed by atoms with van der Waals surface area (Å²) in [5.74, 6) is 0.924. The van der Waals surface area contributed by atoms with E-state index in [1.165, 1.54) is 12.1 Å². The highest BCUT2D eigenvalue weighted by molar-refractivity contribution is 5.57. The van der Waals surface area contributed by atoms with Crippen molar-refractivity contribution in [2.24, 2.45) is 0 Å². The number of hydrogen-bond donors (Lipinski definition) is 2. The maximum absolute atomic E-state index is 12.8. The number of hydrogen-bond acceptors (Lipinski definition) is 4. The van der Waals surface area contributed by atoms with Gasteiger partial charge in [0.1, 0.15) is 11.6 Å². The summed E-state index contributed by atoms with van der Waals surface area (Å²) in [6, 6.07) is 7.93. The minimum atomic E-state index is -0.266. The van der Waals surface area contributed by atoms with Crippen molar-refractivity contribution in [2.45, 2.75) is 6.92 Å². The molecule has 0 saturated carbocycles. The Morgan fingerprint density at radius 3 is 2.68 bits per heavy atom. The van der Waals surface area contributed by atoms with Crippen molar-refractivity contribution in [3.8, 4) is 0 Å². The molecule has 0 atom stereocenters. The molecule has 1 aromatic heterocycles. The topological polar surface area (TPSA) is 49.8 Å². The highest BCUT2D eigenvalue weighted by atomic mass is 19.1. The Bertz CT molecular complexity index is 566. The summed E-state index contributed by atoms with van der Waals surface area (Å²) in [5.41, 5.74) is 1.61. The van der Waals surface area contributed by atoms with E-state index in [-0.39, 0.29) is 5.82 Å². The van der Waals surface area contributed by atoms with E-state index >= 15 is 0 Å². The summed E-state index contributed by atoms with van der Waals surface area (Å²) in [6.07, 6.45) is 1.73. The van der Waals surface area contributed by atoms with Crippen molar-refractivity contribution in [3.05, 3.63) is 54.5 Å². The summed E-state index contributed by atoms with van der Waals surface area (Å²) in [4.78, 5) is 8.57. The van der Waals surface area contributed by atoms with Crippen LogP contribution in [0.3, 0.4) is 0 Å². The van der Waals surface area contributed by atoms with Gasteiger partial charge in [-0.2, -0.15) is 4.98 Å². The predicted octanol–water partition coefficient (Wildman–Crippen LogP) is 3.27. The molecule has 0 fully saturated rings. The standard InChI is InChI=1S/C14H15FN4/c1-3-8-16-14-17-10(2)9-13(19-14)18-12-6-4-11(15)5-7-12/h3-7,9H,1,8H2,2H3,(H2,16,17,18,19). The Kier molecular flexibility index (Phi) is 4.07. The van der Waals surface area contributed by atoms with Crippen molar-refractivity contribution in [2.75, 3.05) is 17.2 Å². The van der Waals surface area contributed by atoms with Gasteiger partial charge in [-0.15, -0.1) is 6.58 Å². The normalized spacial score (nSPS) is 10.0. The second-order valence-corrected chi connectivity index (χ2v) is 4.02. The molecule has 1 heterocycles. The van der Waals surface area contributed by atoms with Crippen LogP contribution >= 0.6 is 0 Å². The number of nitrogens with one attached hydrogen (secondary N) is 2. The largest absolute Gasteiger partial charge is 0.351 e. The number of aromatic nitrogens is 2. The third kappa shape index (κ3) is 3.77. The van der Waals surface area contributed by atoms with Gasteiger partial charge in [-0.05, 0) is 31.2 Å². The molecular weight excluding hydrogens is 243 g/mol. The number of benzene rings is 1. The van der Waals surface area contributed by atoms with Gasteiger partial charge in [0.15, 0.2) is 0 Å². The van der Waals surface area contributed by atoms with Crippen LogP contribution in [0, 0.1) is 12.7 Å². The summed E-state index contributed by atoms with van der Waals surface area (Å²) < 4.78 is 12.8. The van der Waals surface area contributed by atoms with E-state index in [0.29, 0.717) is 18.3 Å². The highest BCUT2D eigenvalue weighted by Gasteiger charge is 2.02. The van der Waals surface area contributed by atoms with Crippen LogP contribution in [0.25, 0.3) is 0 Å². The van der Waals surface area contributed by atoms with Crippen LogP contribution in [0.15, 0.2) is 43.0 Å². The first-order valence-corrected chi connectivity index (χ1v) is 5.90. The van der Waals surface area contributed by atoms with Crippen LogP contribution in [0.5, 0.6) is 0 Å². The first kappa shape index (κ1) is 13.0. The first-order valence-electron chi connectivity index (χ1n) is 5.90. The van der Waals surface area contributed by atoms with Crippen LogP contribution in [0.4, 0.5) is 21.8 Å². The Morgan fingerprint density at radius 1 is 1.26 bits per heavy atom. The average molecular weight is 258 g/mol. The Hall–Kier alpha value is -2.43. The molecule has 0 bridgehead atoms. The molecule has 1 aromatic carbocycles. The fraction of sp³-hybridized carbons (Fsp3) is 0.143. The lowest BCUT2D eigenvalue weighted by molar-refractivity contribution is 0.628. The minimum Gasteiger partial charge on any atom is -0.351 e. The maximum atomic E-state index is 12.8. The summed E-state index contributed by atoms with van der Waals surface area (Å²) in [5, 5.41) is 6.14. The Morgan fingerprint density at radius 2 is 2.00 bits per heavy atom. The molecule has 98 valence electrons. The third-order valence-corrected chi connectivity index (χ3v) is 2.38. The van der Waals surface area contributed by atoms with Gasteiger partial charge in [0.25, 0.3) is 0 Å². The zero-order chi connectivity index (χ0) is 13.7. The molecule has 2 aromatic rings. The highest BCUT2D eigenvalue weighted by Crippen LogP contribution is 2.16. The summed E-state index contributed by atoms with van der Waals surface area (Å²) in [6.45, 7) is 6.11. The smallest absolute Gasteiger partial charge is 0.225 e. The van der Waals surface area contributed by atoms with Gasteiger partial charge in [0.05, 0.1) is 0 Å². The molecule has 0 aliphatic carbocycles. The number of halogens is 1. The van der Waals surface area contributed by atoms with Crippen LogP contribution in [-0.4, -0.2) is 16.5 Å². The molecule has 0 radical (unpaired) electrons. The second-order valence-electron chi connectivity index (χ2n) is 4.02. The molecule has 19 heavy (non-hydrogen) atoms. The fourth-order valence-electron chi connectivity index (χ4n) is 1.56. The average Bonchev–Trinajstić information content (AvgIpc) is 2.38. The van der Waals surface area contributed by atoms with Crippen molar-refractivity contribution in [1.82, 2.24) is 9.97 Å². The molecule has 2 rings (SSSR count). The fourth-order valence-corrected chi connectivity index (χ4v) is 1.56. The van der Waals surface area contributed by atoms with Crippen LogP contribution < -0.4 is 10.6 Å². The zero-order valence-corrected chi connectivity index (χ0v) is 10.7. The van der Waals surface area contributed by atoms with E-state index in [0.717, 1.165) is 11.4 Å². The lowest BCUT2D eigenvalue weighted by Gasteiger charge is -2.09. The lowest BCUT2D eigenvalue weighted by atomic mass is 10.3.